The quantitative estimate of drug-likeness (QED) is 0.656. The van der Waals surface area contributed by atoms with Crippen molar-refractivity contribution in [3.63, 3.8) is 0 Å². The molecule has 1 aromatic rings. The summed E-state index contributed by atoms with van der Waals surface area (Å²) in [5, 5.41) is 8.91. The Balaban J connectivity index is 3.43. The summed E-state index contributed by atoms with van der Waals surface area (Å²) in [5.41, 5.74) is -0.602. The van der Waals surface area contributed by atoms with Crippen molar-refractivity contribution in [2.24, 2.45) is 0 Å². The van der Waals surface area contributed by atoms with Crippen LogP contribution >= 0.6 is 0 Å². The molecule has 1 rings (SSSR count). The molecule has 0 aliphatic rings. The van der Waals surface area contributed by atoms with Crippen LogP contribution in [0.1, 0.15) is 17.3 Å². The lowest BCUT2D eigenvalue weighted by molar-refractivity contribution is 0.101. The van der Waals surface area contributed by atoms with Gasteiger partial charge in [-0.15, -0.1) is 0 Å². The Bertz CT molecular complexity index is 334. The first kappa shape index (κ1) is 8.64. The molecule has 1 N–H and O–H groups in total. The number of rotatable bonds is 1. The molecule has 0 saturated carbocycles. The summed E-state index contributed by atoms with van der Waals surface area (Å²) in [6.45, 7) is 1.05. The van der Waals surface area contributed by atoms with Gasteiger partial charge in [0.05, 0.1) is 5.56 Å². The van der Waals surface area contributed by atoms with Gasteiger partial charge in [0.25, 0.3) is 0 Å². The third-order valence-corrected chi connectivity index (χ3v) is 1.43. The highest BCUT2D eigenvalue weighted by molar-refractivity contribution is 5.96. The number of halogens is 2. The van der Waals surface area contributed by atoms with Crippen molar-refractivity contribution < 1.29 is 18.7 Å². The molecule has 0 aliphatic heterocycles. The van der Waals surface area contributed by atoms with Gasteiger partial charge in [-0.2, -0.15) is 0 Å². The first-order chi connectivity index (χ1) is 5.54. The third kappa shape index (κ3) is 1.28. The van der Waals surface area contributed by atoms with Gasteiger partial charge in [-0.1, -0.05) is 0 Å². The Morgan fingerprint density at radius 1 is 1.33 bits per heavy atom. The number of hydrogen-bond acceptors (Lipinski definition) is 2. The van der Waals surface area contributed by atoms with E-state index < -0.39 is 28.7 Å². The zero-order chi connectivity index (χ0) is 9.30. The highest BCUT2D eigenvalue weighted by Gasteiger charge is 2.15. The number of hydrogen-bond donors (Lipinski definition) is 1. The van der Waals surface area contributed by atoms with Gasteiger partial charge >= 0.3 is 0 Å². The largest absolute Gasteiger partial charge is 0.504 e. The van der Waals surface area contributed by atoms with E-state index in [9.17, 15) is 13.6 Å². The number of benzene rings is 1. The van der Waals surface area contributed by atoms with Crippen LogP contribution in [-0.2, 0) is 0 Å². The fourth-order valence-corrected chi connectivity index (χ4v) is 0.876. The van der Waals surface area contributed by atoms with E-state index >= 15 is 0 Å². The lowest BCUT2D eigenvalue weighted by Crippen LogP contribution is -1.98. The fourth-order valence-electron chi connectivity index (χ4n) is 0.876. The van der Waals surface area contributed by atoms with E-state index in [1.165, 1.54) is 0 Å². The molecule has 1 aromatic carbocycles. The second-order valence-corrected chi connectivity index (χ2v) is 2.31. The van der Waals surface area contributed by atoms with Crippen LogP contribution in [0.2, 0.25) is 0 Å². The molecule has 0 bridgehead atoms. The van der Waals surface area contributed by atoms with Gasteiger partial charge in [-0.05, 0) is 19.1 Å². The number of phenols is 1. The molecular formula is C8H6F2O2. The second kappa shape index (κ2) is 2.89. The van der Waals surface area contributed by atoms with E-state index in [0.29, 0.717) is 0 Å². The Kier molecular flexibility index (Phi) is 2.08. The Morgan fingerprint density at radius 3 is 2.25 bits per heavy atom. The van der Waals surface area contributed by atoms with Gasteiger partial charge in [0.1, 0.15) is 5.82 Å². The molecule has 0 saturated heterocycles. The monoisotopic (exact) mass is 172 g/mol. The molecule has 0 spiro atoms. The summed E-state index contributed by atoms with van der Waals surface area (Å²) < 4.78 is 25.3. The van der Waals surface area contributed by atoms with Gasteiger partial charge in [0, 0.05) is 0 Å². The molecule has 0 aromatic heterocycles. The SMILES string of the molecule is CC(=O)c1c(F)ccc(F)c1O. The van der Waals surface area contributed by atoms with Crippen molar-refractivity contribution in [1.29, 1.82) is 0 Å². The zero-order valence-corrected chi connectivity index (χ0v) is 6.27. The van der Waals surface area contributed by atoms with Gasteiger partial charge in [0.15, 0.2) is 17.3 Å². The molecule has 0 unspecified atom stereocenters. The van der Waals surface area contributed by atoms with Gasteiger partial charge in [0.2, 0.25) is 0 Å². The maximum absolute atomic E-state index is 12.7. The maximum Gasteiger partial charge on any atom is 0.166 e. The molecule has 2 nitrogen and oxygen atoms in total. The Hall–Kier alpha value is -1.45. The summed E-state index contributed by atoms with van der Waals surface area (Å²) in [5.74, 6) is -3.55. The standard InChI is InChI=1S/C8H6F2O2/c1-4(11)7-5(9)2-3-6(10)8(7)12/h2-3,12H,1H3. The topological polar surface area (TPSA) is 37.3 Å². The van der Waals surface area contributed by atoms with Crippen LogP contribution in [0.3, 0.4) is 0 Å². The molecule has 0 fully saturated rings. The number of phenolic OH excluding ortho intramolecular Hbond substituents is 1. The minimum absolute atomic E-state index is 0.602. The van der Waals surface area contributed by atoms with Gasteiger partial charge in [-0.25, -0.2) is 8.78 Å². The molecule has 0 radical (unpaired) electrons. The minimum Gasteiger partial charge on any atom is -0.504 e. The average Bonchev–Trinajstić information content (AvgIpc) is 1.97. The summed E-state index contributed by atoms with van der Waals surface area (Å²) in [6.07, 6.45) is 0. The zero-order valence-electron chi connectivity index (χ0n) is 6.27. The number of carbonyl (C=O) groups is 1. The van der Waals surface area contributed by atoms with E-state index in [4.69, 9.17) is 5.11 Å². The molecule has 0 aliphatic carbocycles. The second-order valence-electron chi connectivity index (χ2n) is 2.31. The molecular weight excluding hydrogens is 166 g/mol. The summed E-state index contributed by atoms with van der Waals surface area (Å²) >= 11 is 0. The van der Waals surface area contributed by atoms with E-state index in [1.807, 2.05) is 0 Å². The van der Waals surface area contributed by atoms with Crippen molar-refractivity contribution >= 4 is 5.78 Å². The highest BCUT2D eigenvalue weighted by Crippen LogP contribution is 2.23. The van der Waals surface area contributed by atoms with Crippen LogP contribution in [-0.4, -0.2) is 10.9 Å². The Morgan fingerprint density at radius 2 is 1.83 bits per heavy atom. The predicted octanol–water partition coefficient (Wildman–Crippen LogP) is 1.87. The van der Waals surface area contributed by atoms with Crippen LogP contribution in [0.4, 0.5) is 8.78 Å². The maximum atomic E-state index is 12.7. The van der Waals surface area contributed by atoms with Gasteiger partial charge in [-0.3, -0.25) is 4.79 Å². The van der Waals surface area contributed by atoms with Crippen LogP contribution in [0, 0.1) is 11.6 Å². The van der Waals surface area contributed by atoms with Crippen LogP contribution < -0.4 is 0 Å². The summed E-state index contributed by atoms with van der Waals surface area (Å²) in [7, 11) is 0. The van der Waals surface area contributed by atoms with Crippen molar-refractivity contribution in [3.05, 3.63) is 29.3 Å². The van der Waals surface area contributed by atoms with Crippen molar-refractivity contribution in [2.45, 2.75) is 6.92 Å². The smallest absolute Gasteiger partial charge is 0.166 e. The molecule has 0 atom stereocenters. The number of aromatic hydroxyl groups is 1. The molecule has 12 heavy (non-hydrogen) atoms. The highest BCUT2D eigenvalue weighted by atomic mass is 19.1. The van der Waals surface area contributed by atoms with Crippen molar-refractivity contribution in [3.8, 4) is 5.75 Å². The van der Waals surface area contributed by atoms with E-state index in [2.05, 4.69) is 0 Å². The first-order valence-electron chi connectivity index (χ1n) is 3.22. The normalized spacial score (nSPS) is 9.92. The van der Waals surface area contributed by atoms with Crippen molar-refractivity contribution in [2.75, 3.05) is 0 Å². The van der Waals surface area contributed by atoms with E-state index in [1.54, 1.807) is 0 Å². The molecule has 0 amide bonds. The predicted molar refractivity (Wildman–Crippen MR) is 38.0 cm³/mol. The molecule has 64 valence electrons. The number of ketones is 1. The van der Waals surface area contributed by atoms with E-state index in [0.717, 1.165) is 19.1 Å². The van der Waals surface area contributed by atoms with Crippen LogP contribution in [0.15, 0.2) is 12.1 Å². The summed E-state index contributed by atoms with van der Waals surface area (Å²) in [4.78, 5) is 10.7. The van der Waals surface area contributed by atoms with Crippen molar-refractivity contribution in [1.82, 2.24) is 0 Å². The average molecular weight is 172 g/mol. The van der Waals surface area contributed by atoms with E-state index in [-0.39, 0.29) is 0 Å². The van der Waals surface area contributed by atoms with Crippen LogP contribution in [0.5, 0.6) is 5.75 Å². The third-order valence-electron chi connectivity index (χ3n) is 1.43. The number of carbonyl (C=O) groups excluding carboxylic acids is 1. The lowest BCUT2D eigenvalue weighted by Gasteiger charge is -2.01. The number of Topliss-reactive ketones (excluding diaryl/α,β-unsaturated/α-hetero) is 1. The molecule has 0 heterocycles. The first-order valence-corrected chi connectivity index (χ1v) is 3.22. The summed E-state index contributed by atoms with van der Waals surface area (Å²) in [6, 6.07) is 1.56. The van der Waals surface area contributed by atoms with Crippen LogP contribution in [0.25, 0.3) is 0 Å². The minimum atomic E-state index is -0.999. The Labute approximate surface area is 67.4 Å². The molecule has 4 heteroatoms. The van der Waals surface area contributed by atoms with Gasteiger partial charge < -0.3 is 5.11 Å². The fraction of sp³-hybridized carbons (Fsp3) is 0.125. The lowest BCUT2D eigenvalue weighted by atomic mass is 10.1.